The van der Waals surface area contributed by atoms with Crippen LogP contribution in [0, 0.1) is 0 Å². The summed E-state index contributed by atoms with van der Waals surface area (Å²) >= 11 is 0. The van der Waals surface area contributed by atoms with Gasteiger partial charge in [-0.1, -0.05) is 72.8 Å². The Morgan fingerprint density at radius 3 is 1.86 bits per heavy atom. The van der Waals surface area contributed by atoms with E-state index in [2.05, 4.69) is 78.7 Å². The van der Waals surface area contributed by atoms with E-state index in [0.717, 1.165) is 19.5 Å². The molecule has 0 amide bonds. The Balaban J connectivity index is 2.28. The number of rotatable bonds is 8. The van der Waals surface area contributed by atoms with Crippen molar-refractivity contribution in [1.29, 1.82) is 0 Å². The molecule has 0 saturated heterocycles. The van der Waals surface area contributed by atoms with Gasteiger partial charge in [0.1, 0.15) is 0 Å². The molecule has 0 aliphatic heterocycles. The van der Waals surface area contributed by atoms with Gasteiger partial charge in [0.05, 0.1) is 0 Å². The van der Waals surface area contributed by atoms with Crippen LogP contribution in [0.15, 0.2) is 86.0 Å². The lowest BCUT2D eigenvalue weighted by molar-refractivity contribution is 0.241. The zero-order valence-corrected chi connectivity index (χ0v) is 12.5. The maximum atomic E-state index is 3.89. The minimum Gasteiger partial charge on any atom is -0.289 e. The van der Waals surface area contributed by atoms with Gasteiger partial charge in [-0.05, 0) is 17.5 Å². The molecular weight excluding hydrogens is 254 g/mol. The molecule has 1 atom stereocenters. The minimum atomic E-state index is 0.338. The van der Waals surface area contributed by atoms with Crippen molar-refractivity contribution in [2.45, 2.75) is 12.5 Å². The molecule has 2 aromatic rings. The lowest BCUT2D eigenvalue weighted by Gasteiger charge is -2.30. The van der Waals surface area contributed by atoms with Gasteiger partial charge in [0.2, 0.25) is 0 Å². The third-order valence-corrected chi connectivity index (χ3v) is 3.62. The van der Waals surface area contributed by atoms with Crippen LogP contribution in [0.4, 0.5) is 0 Å². The van der Waals surface area contributed by atoms with E-state index in [1.54, 1.807) is 0 Å². The molecular formula is C20H23N. The molecule has 0 heterocycles. The highest BCUT2D eigenvalue weighted by atomic mass is 15.1. The van der Waals surface area contributed by atoms with Crippen LogP contribution >= 0.6 is 0 Å². The minimum absolute atomic E-state index is 0.338. The van der Waals surface area contributed by atoms with Crippen LogP contribution in [0.3, 0.4) is 0 Å². The summed E-state index contributed by atoms with van der Waals surface area (Å²) in [6.45, 7) is 9.50. The van der Waals surface area contributed by atoms with Gasteiger partial charge < -0.3 is 0 Å². The van der Waals surface area contributed by atoms with E-state index in [-0.39, 0.29) is 0 Å². The average Bonchev–Trinajstić information content (AvgIpc) is 2.54. The Bertz CT molecular complexity index is 535. The second kappa shape index (κ2) is 8.23. The van der Waals surface area contributed by atoms with Gasteiger partial charge in [0.25, 0.3) is 0 Å². The third-order valence-electron chi connectivity index (χ3n) is 3.62. The van der Waals surface area contributed by atoms with Crippen molar-refractivity contribution < 1.29 is 0 Å². The van der Waals surface area contributed by atoms with Crippen molar-refractivity contribution in [3.63, 3.8) is 0 Å². The third kappa shape index (κ3) is 4.44. The van der Waals surface area contributed by atoms with Crippen LogP contribution in [-0.4, -0.2) is 18.0 Å². The molecule has 0 aromatic heterocycles. The summed E-state index contributed by atoms with van der Waals surface area (Å²) in [5.74, 6) is 0. The van der Waals surface area contributed by atoms with Crippen LogP contribution in [-0.2, 0) is 6.42 Å². The van der Waals surface area contributed by atoms with E-state index in [9.17, 15) is 0 Å². The molecule has 2 aromatic carbocycles. The first-order valence-electron chi connectivity index (χ1n) is 7.40. The topological polar surface area (TPSA) is 3.24 Å². The van der Waals surface area contributed by atoms with Crippen LogP contribution in [0.25, 0.3) is 0 Å². The van der Waals surface area contributed by atoms with Crippen molar-refractivity contribution in [3.05, 3.63) is 97.1 Å². The van der Waals surface area contributed by atoms with Crippen LogP contribution in [0.5, 0.6) is 0 Å². The first kappa shape index (κ1) is 15.3. The molecule has 1 nitrogen and oxygen atoms in total. The SMILES string of the molecule is C=CCN(CC=C)[C@H](Cc1ccccc1)c1ccccc1. The van der Waals surface area contributed by atoms with E-state index in [4.69, 9.17) is 0 Å². The van der Waals surface area contributed by atoms with Gasteiger partial charge in [-0.25, -0.2) is 0 Å². The van der Waals surface area contributed by atoms with Crippen molar-refractivity contribution >= 4 is 0 Å². The molecule has 2 rings (SSSR count). The Morgan fingerprint density at radius 2 is 1.33 bits per heavy atom. The fourth-order valence-electron chi connectivity index (χ4n) is 2.63. The monoisotopic (exact) mass is 277 g/mol. The smallest absolute Gasteiger partial charge is 0.0395 e. The van der Waals surface area contributed by atoms with Gasteiger partial charge in [-0.2, -0.15) is 0 Å². The molecule has 0 spiro atoms. The molecule has 0 N–H and O–H groups in total. The molecule has 0 aliphatic rings. The van der Waals surface area contributed by atoms with Crippen LogP contribution < -0.4 is 0 Å². The van der Waals surface area contributed by atoms with Crippen molar-refractivity contribution in [1.82, 2.24) is 4.90 Å². The largest absolute Gasteiger partial charge is 0.289 e. The second-order valence-corrected chi connectivity index (χ2v) is 5.15. The Labute approximate surface area is 128 Å². The predicted molar refractivity (Wildman–Crippen MR) is 91.3 cm³/mol. The predicted octanol–water partition coefficient (Wildman–Crippen LogP) is 4.64. The van der Waals surface area contributed by atoms with Gasteiger partial charge in [-0.15, -0.1) is 13.2 Å². The lowest BCUT2D eigenvalue weighted by atomic mass is 9.97. The Kier molecular flexibility index (Phi) is 5.99. The molecule has 0 saturated carbocycles. The standard InChI is InChI=1S/C20H23N/c1-3-15-21(16-4-2)20(19-13-9-6-10-14-19)17-18-11-7-5-8-12-18/h3-14,20H,1-2,15-17H2/t20-/m1/s1. The molecule has 0 fully saturated rings. The Morgan fingerprint density at radius 1 is 0.810 bits per heavy atom. The average molecular weight is 277 g/mol. The van der Waals surface area contributed by atoms with Gasteiger partial charge in [0.15, 0.2) is 0 Å². The van der Waals surface area contributed by atoms with E-state index in [1.165, 1.54) is 11.1 Å². The normalized spacial score (nSPS) is 12.0. The maximum absolute atomic E-state index is 3.89. The summed E-state index contributed by atoms with van der Waals surface area (Å²) < 4.78 is 0. The summed E-state index contributed by atoms with van der Waals surface area (Å²) in [5, 5.41) is 0. The number of hydrogen-bond acceptors (Lipinski definition) is 1. The highest BCUT2D eigenvalue weighted by molar-refractivity contribution is 5.24. The van der Waals surface area contributed by atoms with Crippen molar-refractivity contribution in [2.75, 3.05) is 13.1 Å². The first-order chi connectivity index (χ1) is 10.3. The van der Waals surface area contributed by atoms with E-state index in [1.807, 2.05) is 12.2 Å². The van der Waals surface area contributed by atoms with E-state index < -0.39 is 0 Å². The summed E-state index contributed by atoms with van der Waals surface area (Å²) in [6.07, 6.45) is 4.92. The van der Waals surface area contributed by atoms with Gasteiger partial charge in [0, 0.05) is 19.1 Å². The number of hydrogen-bond donors (Lipinski definition) is 0. The molecule has 0 radical (unpaired) electrons. The molecule has 0 aliphatic carbocycles. The lowest BCUT2D eigenvalue weighted by Crippen LogP contribution is -2.30. The zero-order chi connectivity index (χ0) is 14.9. The van der Waals surface area contributed by atoms with Crippen molar-refractivity contribution in [2.24, 2.45) is 0 Å². The van der Waals surface area contributed by atoms with Crippen LogP contribution in [0.2, 0.25) is 0 Å². The Hall–Kier alpha value is -2.12. The van der Waals surface area contributed by atoms with Crippen LogP contribution in [0.1, 0.15) is 17.2 Å². The highest BCUT2D eigenvalue weighted by Gasteiger charge is 2.18. The highest BCUT2D eigenvalue weighted by Crippen LogP contribution is 2.25. The summed E-state index contributed by atoms with van der Waals surface area (Å²) in [6, 6.07) is 21.7. The van der Waals surface area contributed by atoms with Crippen molar-refractivity contribution in [3.8, 4) is 0 Å². The number of benzene rings is 2. The maximum Gasteiger partial charge on any atom is 0.0395 e. The van der Waals surface area contributed by atoms with E-state index in [0.29, 0.717) is 6.04 Å². The first-order valence-corrected chi connectivity index (χ1v) is 7.40. The summed E-state index contributed by atoms with van der Waals surface area (Å²) in [4.78, 5) is 2.41. The fourth-order valence-corrected chi connectivity index (χ4v) is 2.63. The second-order valence-electron chi connectivity index (χ2n) is 5.15. The van der Waals surface area contributed by atoms with Gasteiger partial charge in [-0.3, -0.25) is 4.90 Å². The molecule has 0 bridgehead atoms. The zero-order valence-electron chi connectivity index (χ0n) is 12.5. The summed E-state index contributed by atoms with van der Waals surface area (Å²) in [5.41, 5.74) is 2.69. The summed E-state index contributed by atoms with van der Waals surface area (Å²) in [7, 11) is 0. The quantitative estimate of drug-likeness (QED) is 0.635. The molecule has 1 heteroatoms. The molecule has 108 valence electrons. The molecule has 0 unspecified atom stereocenters. The van der Waals surface area contributed by atoms with Gasteiger partial charge >= 0.3 is 0 Å². The molecule has 21 heavy (non-hydrogen) atoms. The van der Waals surface area contributed by atoms with E-state index >= 15 is 0 Å². The fraction of sp³-hybridized carbons (Fsp3) is 0.200. The number of nitrogens with zero attached hydrogens (tertiary/aromatic N) is 1.